The van der Waals surface area contributed by atoms with Crippen LogP contribution in [0.5, 0.6) is 0 Å². The van der Waals surface area contributed by atoms with Crippen molar-refractivity contribution >= 4 is 11.9 Å². The molecule has 1 amide bonds. The molecule has 0 unspecified atom stereocenters. The minimum Gasteiger partial charge on any atom is -0.480 e. The summed E-state index contributed by atoms with van der Waals surface area (Å²) in [5.74, 6) is -2.47. The number of carboxylic acids is 1. The van der Waals surface area contributed by atoms with Crippen LogP contribution in [-0.4, -0.2) is 33.4 Å². The van der Waals surface area contributed by atoms with Crippen LogP contribution in [0.25, 0.3) is 0 Å². The molecule has 1 aromatic heterocycles. The van der Waals surface area contributed by atoms with E-state index in [-0.39, 0.29) is 17.9 Å². The first-order valence-electron chi connectivity index (χ1n) is 8.85. The number of carbonyl (C=O) groups excluding carboxylic acids is 1. The van der Waals surface area contributed by atoms with Gasteiger partial charge in [-0.05, 0) is 47.5 Å². The minimum absolute atomic E-state index is 0.0414. The summed E-state index contributed by atoms with van der Waals surface area (Å²) in [5.41, 5.74) is 2.27. The second-order valence-corrected chi connectivity index (χ2v) is 6.53. The topological polar surface area (TPSA) is 70.5 Å². The van der Waals surface area contributed by atoms with E-state index < -0.39 is 24.2 Å². The van der Waals surface area contributed by atoms with Crippen molar-refractivity contribution in [2.24, 2.45) is 0 Å². The van der Waals surface area contributed by atoms with Crippen LogP contribution in [0.2, 0.25) is 0 Å². The lowest BCUT2D eigenvalue weighted by Gasteiger charge is -2.21. The van der Waals surface area contributed by atoms with Gasteiger partial charge in [0.1, 0.15) is 18.2 Å². The number of hydrogen-bond donors (Lipinski definition) is 1. The third kappa shape index (κ3) is 5.68. The Kier molecular flexibility index (Phi) is 6.29. The Hall–Kier alpha value is -3.61. The predicted octanol–water partition coefficient (Wildman–Crippen LogP) is 3.68. The first-order valence-corrected chi connectivity index (χ1v) is 8.85. The van der Waals surface area contributed by atoms with Crippen LogP contribution in [0.3, 0.4) is 0 Å². The maximum Gasteiger partial charge on any atom is 0.323 e. The average Bonchev–Trinajstić information content (AvgIpc) is 2.69. The van der Waals surface area contributed by atoms with Gasteiger partial charge in [0.05, 0.1) is 5.56 Å². The summed E-state index contributed by atoms with van der Waals surface area (Å²) >= 11 is 0. The lowest BCUT2D eigenvalue weighted by atomic mass is 10.1. The van der Waals surface area contributed by atoms with Crippen LogP contribution in [-0.2, 0) is 17.8 Å². The van der Waals surface area contributed by atoms with Gasteiger partial charge in [0, 0.05) is 24.9 Å². The molecule has 3 rings (SSSR count). The largest absolute Gasteiger partial charge is 0.480 e. The molecule has 0 atom stereocenters. The molecule has 7 heteroatoms. The van der Waals surface area contributed by atoms with Crippen molar-refractivity contribution < 1.29 is 23.5 Å². The van der Waals surface area contributed by atoms with Crippen LogP contribution in [0, 0.1) is 11.6 Å². The summed E-state index contributed by atoms with van der Waals surface area (Å²) in [6.07, 6.45) is 1.85. The van der Waals surface area contributed by atoms with E-state index in [1.165, 1.54) is 36.5 Å². The Morgan fingerprint density at radius 1 is 0.931 bits per heavy atom. The Bertz CT molecular complexity index is 1010. The first kappa shape index (κ1) is 20.1. The number of rotatable bonds is 7. The highest BCUT2D eigenvalue weighted by Crippen LogP contribution is 2.13. The molecule has 0 aliphatic heterocycles. The van der Waals surface area contributed by atoms with E-state index in [4.69, 9.17) is 5.11 Å². The molecule has 0 radical (unpaired) electrons. The van der Waals surface area contributed by atoms with E-state index >= 15 is 0 Å². The number of pyridine rings is 1. The highest BCUT2D eigenvalue weighted by atomic mass is 19.1. The van der Waals surface area contributed by atoms with E-state index in [1.807, 2.05) is 0 Å². The van der Waals surface area contributed by atoms with Gasteiger partial charge in [0.15, 0.2) is 0 Å². The molecule has 3 aromatic rings. The number of nitrogens with zero attached hydrogens (tertiary/aromatic N) is 2. The van der Waals surface area contributed by atoms with Crippen LogP contribution in [0.4, 0.5) is 8.78 Å². The Labute approximate surface area is 166 Å². The monoisotopic (exact) mass is 396 g/mol. The second-order valence-electron chi connectivity index (χ2n) is 6.53. The van der Waals surface area contributed by atoms with Crippen molar-refractivity contribution in [2.75, 3.05) is 6.54 Å². The fourth-order valence-electron chi connectivity index (χ4n) is 2.87. The van der Waals surface area contributed by atoms with Crippen molar-refractivity contribution in [3.05, 3.63) is 101 Å². The standard InChI is InChI=1S/C22H18F2N2O3/c23-18-7-4-15(5-8-18)11-20-9-6-17(12-25-20)22(29)26(14-21(27)28)13-16-2-1-3-19(24)10-16/h1-10,12H,11,13-14H2,(H,27,28). The molecule has 0 fully saturated rings. The molecule has 148 valence electrons. The lowest BCUT2D eigenvalue weighted by Crippen LogP contribution is -2.35. The smallest absolute Gasteiger partial charge is 0.323 e. The van der Waals surface area contributed by atoms with E-state index in [1.54, 1.807) is 30.3 Å². The van der Waals surface area contributed by atoms with E-state index in [0.717, 1.165) is 10.5 Å². The minimum atomic E-state index is -1.17. The van der Waals surface area contributed by atoms with Gasteiger partial charge in [-0.1, -0.05) is 24.3 Å². The summed E-state index contributed by atoms with van der Waals surface area (Å²) in [5, 5.41) is 9.13. The maximum absolute atomic E-state index is 13.4. The zero-order valence-corrected chi connectivity index (χ0v) is 15.4. The fourth-order valence-corrected chi connectivity index (χ4v) is 2.87. The summed E-state index contributed by atoms with van der Waals surface area (Å²) in [4.78, 5) is 29.3. The molecule has 1 N–H and O–H groups in total. The van der Waals surface area contributed by atoms with Gasteiger partial charge in [0.25, 0.3) is 5.91 Å². The quantitative estimate of drug-likeness (QED) is 0.662. The van der Waals surface area contributed by atoms with Gasteiger partial charge < -0.3 is 10.0 Å². The third-order valence-corrected chi connectivity index (χ3v) is 4.25. The molecule has 0 aliphatic rings. The lowest BCUT2D eigenvalue weighted by molar-refractivity contribution is -0.137. The van der Waals surface area contributed by atoms with Gasteiger partial charge in [-0.25, -0.2) is 8.78 Å². The van der Waals surface area contributed by atoms with Gasteiger partial charge in [-0.15, -0.1) is 0 Å². The molecule has 0 saturated carbocycles. The van der Waals surface area contributed by atoms with Gasteiger partial charge in [0.2, 0.25) is 0 Å². The molecule has 0 saturated heterocycles. The highest BCUT2D eigenvalue weighted by molar-refractivity contribution is 5.95. The fraction of sp³-hybridized carbons (Fsp3) is 0.136. The molecular weight excluding hydrogens is 378 g/mol. The molecule has 29 heavy (non-hydrogen) atoms. The van der Waals surface area contributed by atoms with Crippen LogP contribution in [0.15, 0.2) is 66.9 Å². The number of amides is 1. The molecule has 0 bridgehead atoms. The van der Waals surface area contributed by atoms with Crippen LogP contribution >= 0.6 is 0 Å². The predicted molar refractivity (Wildman–Crippen MR) is 102 cm³/mol. The van der Waals surface area contributed by atoms with Crippen molar-refractivity contribution in [1.29, 1.82) is 0 Å². The van der Waals surface area contributed by atoms with E-state index in [9.17, 15) is 18.4 Å². The van der Waals surface area contributed by atoms with Crippen molar-refractivity contribution in [3.63, 3.8) is 0 Å². The van der Waals surface area contributed by atoms with Gasteiger partial charge >= 0.3 is 5.97 Å². The molecule has 5 nitrogen and oxygen atoms in total. The van der Waals surface area contributed by atoms with Crippen LogP contribution < -0.4 is 0 Å². The number of hydrogen-bond acceptors (Lipinski definition) is 3. The molecule has 0 spiro atoms. The first-order chi connectivity index (χ1) is 13.9. The van der Waals surface area contributed by atoms with Gasteiger partial charge in [-0.2, -0.15) is 0 Å². The Morgan fingerprint density at radius 2 is 1.69 bits per heavy atom. The van der Waals surface area contributed by atoms with Crippen molar-refractivity contribution in [2.45, 2.75) is 13.0 Å². The van der Waals surface area contributed by atoms with Gasteiger partial charge in [-0.3, -0.25) is 14.6 Å². The van der Waals surface area contributed by atoms with Crippen molar-refractivity contribution in [1.82, 2.24) is 9.88 Å². The summed E-state index contributed by atoms with van der Waals surface area (Å²) in [6.45, 7) is -0.563. The number of halogens is 2. The third-order valence-electron chi connectivity index (χ3n) is 4.25. The SMILES string of the molecule is O=C(O)CN(Cc1cccc(F)c1)C(=O)c1ccc(Cc2ccc(F)cc2)nc1. The average molecular weight is 396 g/mol. The normalized spacial score (nSPS) is 10.6. The molecule has 2 aromatic carbocycles. The van der Waals surface area contributed by atoms with Crippen LogP contribution in [0.1, 0.15) is 27.2 Å². The number of carboxylic acid groups (broad SMARTS) is 1. The molecule has 1 heterocycles. The van der Waals surface area contributed by atoms with E-state index in [2.05, 4.69) is 4.98 Å². The Morgan fingerprint density at radius 3 is 2.31 bits per heavy atom. The highest BCUT2D eigenvalue weighted by Gasteiger charge is 2.19. The Balaban J connectivity index is 1.74. The number of aliphatic carboxylic acids is 1. The number of aromatic nitrogens is 1. The van der Waals surface area contributed by atoms with Crippen molar-refractivity contribution in [3.8, 4) is 0 Å². The molecular formula is C22H18F2N2O3. The number of benzene rings is 2. The maximum atomic E-state index is 13.4. The second kappa shape index (κ2) is 9.05. The number of carbonyl (C=O) groups is 2. The zero-order valence-electron chi connectivity index (χ0n) is 15.4. The summed E-state index contributed by atoms with van der Waals surface area (Å²) in [7, 11) is 0. The summed E-state index contributed by atoms with van der Waals surface area (Å²) in [6, 6.07) is 14.9. The summed E-state index contributed by atoms with van der Waals surface area (Å²) < 4.78 is 26.4. The zero-order chi connectivity index (χ0) is 20.8. The molecule has 0 aliphatic carbocycles. The van der Waals surface area contributed by atoms with E-state index in [0.29, 0.717) is 17.7 Å².